The molecule has 2 atom stereocenters. The number of aryl methyl sites for hydroxylation is 1. The summed E-state index contributed by atoms with van der Waals surface area (Å²) in [5.41, 5.74) is 1.16. The van der Waals surface area contributed by atoms with E-state index in [0.717, 1.165) is 18.4 Å². The molecule has 1 fully saturated rings. The second-order valence-electron chi connectivity index (χ2n) is 3.21. The highest BCUT2D eigenvalue weighted by molar-refractivity contribution is 5.02. The van der Waals surface area contributed by atoms with E-state index in [0.29, 0.717) is 0 Å². The van der Waals surface area contributed by atoms with Crippen molar-refractivity contribution in [2.75, 3.05) is 0 Å². The summed E-state index contributed by atoms with van der Waals surface area (Å²) in [6, 6.07) is 0.240. The summed E-state index contributed by atoms with van der Waals surface area (Å²) >= 11 is 0. The Hall–Kier alpha value is -0.830. The molecule has 11 heavy (non-hydrogen) atoms. The van der Waals surface area contributed by atoms with E-state index in [1.807, 2.05) is 24.0 Å². The third-order valence-electron chi connectivity index (χ3n) is 2.27. The Balaban J connectivity index is 2.16. The Morgan fingerprint density at radius 1 is 1.64 bits per heavy atom. The van der Waals surface area contributed by atoms with Crippen LogP contribution in [-0.4, -0.2) is 21.0 Å². The van der Waals surface area contributed by atoms with Crippen LogP contribution in [0.4, 0.5) is 0 Å². The Morgan fingerprint density at radius 2 is 2.45 bits per heavy atom. The van der Waals surface area contributed by atoms with Crippen molar-refractivity contribution < 1.29 is 5.11 Å². The Kier molecular flexibility index (Phi) is 1.46. The summed E-state index contributed by atoms with van der Waals surface area (Å²) in [7, 11) is 0. The third-order valence-corrected chi connectivity index (χ3v) is 2.27. The summed E-state index contributed by atoms with van der Waals surface area (Å²) < 4.78 is 1.86. The largest absolute Gasteiger partial charge is 0.391 e. The predicted molar refractivity (Wildman–Crippen MR) is 41.2 cm³/mol. The van der Waals surface area contributed by atoms with Crippen LogP contribution in [0, 0.1) is 6.92 Å². The van der Waals surface area contributed by atoms with E-state index >= 15 is 0 Å². The van der Waals surface area contributed by atoms with Gasteiger partial charge < -0.3 is 5.11 Å². The van der Waals surface area contributed by atoms with Gasteiger partial charge in [-0.3, -0.25) is 4.68 Å². The molecule has 1 aliphatic rings. The lowest BCUT2D eigenvalue weighted by Gasteiger charge is -2.32. The zero-order chi connectivity index (χ0) is 7.84. The Labute approximate surface area is 65.7 Å². The second kappa shape index (κ2) is 2.34. The molecule has 0 aliphatic heterocycles. The molecule has 3 heteroatoms. The molecule has 1 aromatic heterocycles. The topological polar surface area (TPSA) is 38.0 Å². The molecule has 0 amide bonds. The van der Waals surface area contributed by atoms with Gasteiger partial charge >= 0.3 is 0 Å². The van der Waals surface area contributed by atoms with Gasteiger partial charge in [-0.15, -0.1) is 0 Å². The minimum atomic E-state index is -0.172. The number of nitrogens with zero attached hydrogens (tertiary/aromatic N) is 2. The number of hydrogen-bond acceptors (Lipinski definition) is 2. The molecule has 1 heterocycles. The van der Waals surface area contributed by atoms with E-state index in [1.54, 1.807) is 0 Å². The number of hydrogen-bond donors (Lipinski definition) is 1. The van der Waals surface area contributed by atoms with E-state index in [4.69, 9.17) is 0 Å². The fourth-order valence-corrected chi connectivity index (χ4v) is 1.39. The molecule has 1 aliphatic carbocycles. The first-order valence-corrected chi connectivity index (χ1v) is 3.96. The standard InChI is InChI=1S/C8H12N2O/c1-6-4-9-10(5-6)7-2-3-8(7)11/h4-5,7-8,11H,2-3H2,1H3. The van der Waals surface area contributed by atoms with Crippen molar-refractivity contribution in [2.24, 2.45) is 0 Å². The van der Waals surface area contributed by atoms with Crippen LogP contribution in [0.3, 0.4) is 0 Å². The summed E-state index contributed by atoms with van der Waals surface area (Å²) in [6.07, 6.45) is 5.61. The van der Waals surface area contributed by atoms with Crippen molar-refractivity contribution in [3.63, 3.8) is 0 Å². The summed E-state index contributed by atoms with van der Waals surface area (Å²) in [4.78, 5) is 0. The number of aliphatic hydroxyl groups is 1. The summed E-state index contributed by atoms with van der Waals surface area (Å²) in [5.74, 6) is 0. The average molecular weight is 152 g/mol. The lowest BCUT2D eigenvalue weighted by atomic mass is 9.89. The quantitative estimate of drug-likeness (QED) is 0.649. The second-order valence-corrected chi connectivity index (χ2v) is 3.21. The molecule has 3 nitrogen and oxygen atoms in total. The van der Waals surface area contributed by atoms with Crippen molar-refractivity contribution >= 4 is 0 Å². The third kappa shape index (κ3) is 1.05. The highest BCUT2D eigenvalue weighted by Gasteiger charge is 2.30. The molecule has 0 saturated heterocycles. The van der Waals surface area contributed by atoms with Crippen molar-refractivity contribution in [1.29, 1.82) is 0 Å². The molecule has 2 unspecified atom stereocenters. The highest BCUT2D eigenvalue weighted by atomic mass is 16.3. The van der Waals surface area contributed by atoms with Crippen LogP contribution in [-0.2, 0) is 0 Å². The molecule has 0 aromatic carbocycles. The molecule has 0 spiro atoms. The number of aliphatic hydroxyl groups excluding tert-OH is 1. The van der Waals surface area contributed by atoms with Gasteiger partial charge in [0.25, 0.3) is 0 Å². The highest BCUT2D eigenvalue weighted by Crippen LogP contribution is 2.31. The lowest BCUT2D eigenvalue weighted by molar-refractivity contribution is 0.0253. The van der Waals surface area contributed by atoms with E-state index in [1.165, 1.54) is 0 Å². The first-order chi connectivity index (χ1) is 5.27. The van der Waals surface area contributed by atoms with Crippen LogP contribution in [0.15, 0.2) is 12.4 Å². The maximum absolute atomic E-state index is 9.31. The van der Waals surface area contributed by atoms with Gasteiger partial charge in [0.2, 0.25) is 0 Å². The van der Waals surface area contributed by atoms with E-state index < -0.39 is 0 Å². The molecule has 0 radical (unpaired) electrons. The van der Waals surface area contributed by atoms with Crippen LogP contribution in [0.5, 0.6) is 0 Å². The van der Waals surface area contributed by atoms with Crippen LogP contribution in [0.25, 0.3) is 0 Å². The summed E-state index contributed by atoms with van der Waals surface area (Å²) in [5, 5.41) is 13.5. The molecule has 0 bridgehead atoms. The molecule has 1 N–H and O–H groups in total. The van der Waals surface area contributed by atoms with Crippen LogP contribution < -0.4 is 0 Å². The number of aromatic nitrogens is 2. The fraction of sp³-hybridized carbons (Fsp3) is 0.625. The summed E-state index contributed by atoms with van der Waals surface area (Å²) in [6.45, 7) is 2.01. The minimum absolute atomic E-state index is 0.172. The van der Waals surface area contributed by atoms with Gasteiger partial charge in [-0.1, -0.05) is 0 Å². The van der Waals surface area contributed by atoms with Crippen LogP contribution >= 0.6 is 0 Å². The Morgan fingerprint density at radius 3 is 2.82 bits per heavy atom. The molecule has 60 valence electrons. The van der Waals surface area contributed by atoms with Crippen molar-refractivity contribution in [1.82, 2.24) is 9.78 Å². The van der Waals surface area contributed by atoms with Crippen molar-refractivity contribution in [2.45, 2.75) is 31.9 Å². The molecule has 1 aromatic rings. The predicted octanol–water partition coefficient (Wildman–Crippen LogP) is 0.887. The minimum Gasteiger partial charge on any atom is -0.391 e. The molecular weight excluding hydrogens is 140 g/mol. The molecule has 1 saturated carbocycles. The first kappa shape index (κ1) is 6.85. The van der Waals surface area contributed by atoms with Crippen molar-refractivity contribution in [3.8, 4) is 0 Å². The zero-order valence-corrected chi connectivity index (χ0v) is 6.57. The van der Waals surface area contributed by atoms with Gasteiger partial charge in [0.15, 0.2) is 0 Å². The first-order valence-electron chi connectivity index (χ1n) is 3.96. The van der Waals surface area contributed by atoms with Gasteiger partial charge in [-0.2, -0.15) is 5.10 Å². The van der Waals surface area contributed by atoms with Gasteiger partial charge in [-0.25, -0.2) is 0 Å². The van der Waals surface area contributed by atoms with E-state index in [-0.39, 0.29) is 12.1 Å². The molecular formula is C8H12N2O. The van der Waals surface area contributed by atoms with Crippen LogP contribution in [0.2, 0.25) is 0 Å². The normalized spacial score (nSPS) is 30.0. The fourth-order valence-electron chi connectivity index (χ4n) is 1.39. The number of rotatable bonds is 1. The van der Waals surface area contributed by atoms with Crippen LogP contribution in [0.1, 0.15) is 24.4 Å². The Bertz CT molecular complexity index is 256. The maximum atomic E-state index is 9.31. The molecule has 2 rings (SSSR count). The lowest BCUT2D eigenvalue weighted by Crippen LogP contribution is -2.33. The van der Waals surface area contributed by atoms with Crippen molar-refractivity contribution in [3.05, 3.63) is 18.0 Å². The van der Waals surface area contributed by atoms with Gasteiger partial charge in [0, 0.05) is 6.20 Å². The monoisotopic (exact) mass is 152 g/mol. The smallest absolute Gasteiger partial charge is 0.0779 e. The van der Waals surface area contributed by atoms with E-state index in [2.05, 4.69) is 5.10 Å². The van der Waals surface area contributed by atoms with Gasteiger partial charge in [-0.05, 0) is 25.3 Å². The zero-order valence-electron chi connectivity index (χ0n) is 6.57. The maximum Gasteiger partial charge on any atom is 0.0779 e. The van der Waals surface area contributed by atoms with Gasteiger partial charge in [0.1, 0.15) is 0 Å². The van der Waals surface area contributed by atoms with E-state index in [9.17, 15) is 5.11 Å². The van der Waals surface area contributed by atoms with Gasteiger partial charge in [0.05, 0.1) is 18.3 Å². The average Bonchev–Trinajstić information content (AvgIpc) is 2.33. The SMILES string of the molecule is Cc1cnn(C2CCC2O)c1.